The van der Waals surface area contributed by atoms with Crippen molar-refractivity contribution in [3.8, 4) is 0 Å². The minimum absolute atomic E-state index is 0.140. The van der Waals surface area contributed by atoms with Gasteiger partial charge in [0.2, 0.25) is 0 Å². The molecule has 0 spiro atoms. The lowest BCUT2D eigenvalue weighted by atomic mass is 10.2. The van der Waals surface area contributed by atoms with Crippen LogP contribution in [0.4, 0.5) is 5.69 Å². The lowest BCUT2D eigenvalue weighted by Crippen LogP contribution is -2.28. The number of esters is 1. The Morgan fingerprint density at radius 2 is 2.13 bits per heavy atom. The van der Waals surface area contributed by atoms with E-state index in [1.807, 2.05) is 0 Å². The maximum atomic E-state index is 11.9. The van der Waals surface area contributed by atoms with E-state index in [4.69, 9.17) is 20.8 Å². The second-order valence-corrected chi connectivity index (χ2v) is 4.79. The second-order valence-electron chi connectivity index (χ2n) is 4.35. The zero-order valence-corrected chi connectivity index (χ0v) is 12.4. The molecular formula is C14H11ClN2O6. The molecule has 0 unspecified atom stereocenters. The van der Waals surface area contributed by atoms with Crippen LogP contribution in [0.3, 0.4) is 0 Å². The van der Waals surface area contributed by atoms with Gasteiger partial charge in [-0.2, -0.15) is 0 Å². The van der Waals surface area contributed by atoms with Gasteiger partial charge in [-0.05, 0) is 24.3 Å². The summed E-state index contributed by atoms with van der Waals surface area (Å²) in [5, 5.41) is 13.5. The van der Waals surface area contributed by atoms with E-state index in [-0.39, 0.29) is 17.1 Å². The first-order valence-corrected chi connectivity index (χ1v) is 6.75. The fraction of sp³-hybridized carbons (Fsp3) is 0.143. The highest BCUT2D eigenvalue weighted by Gasteiger charge is 2.22. The molecule has 1 aromatic carbocycles. The summed E-state index contributed by atoms with van der Waals surface area (Å²) in [5.41, 5.74) is -0.767. The number of amides is 1. The van der Waals surface area contributed by atoms with Gasteiger partial charge in [0.15, 0.2) is 6.61 Å². The van der Waals surface area contributed by atoms with Crippen molar-refractivity contribution in [3.63, 3.8) is 0 Å². The molecule has 2 aromatic rings. The maximum Gasteiger partial charge on any atom is 0.345 e. The molecular weight excluding hydrogens is 328 g/mol. The van der Waals surface area contributed by atoms with Gasteiger partial charge < -0.3 is 14.5 Å². The second kappa shape index (κ2) is 7.41. The van der Waals surface area contributed by atoms with E-state index in [1.54, 1.807) is 12.1 Å². The third-order valence-electron chi connectivity index (χ3n) is 2.75. The molecule has 1 heterocycles. The summed E-state index contributed by atoms with van der Waals surface area (Å²) in [6.45, 7) is -0.441. The van der Waals surface area contributed by atoms with Gasteiger partial charge in [-0.15, -0.1) is 0 Å². The predicted molar refractivity (Wildman–Crippen MR) is 78.9 cm³/mol. The number of rotatable bonds is 6. The lowest BCUT2D eigenvalue weighted by molar-refractivity contribution is -0.385. The van der Waals surface area contributed by atoms with Crippen LogP contribution in [0.25, 0.3) is 0 Å². The van der Waals surface area contributed by atoms with Crippen LogP contribution < -0.4 is 5.32 Å². The summed E-state index contributed by atoms with van der Waals surface area (Å²) in [5.74, 6) is -1.04. The van der Waals surface area contributed by atoms with Gasteiger partial charge in [0, 0.05) is 11.1 Å². The van der Waals surface area contributed by atoms with Gasteiger partial charge in [0.1, 0.15) is 11.3 Å². The highest BCUT2D eigenvalue weighted by molar-refractivity contribution is 6.31. The Kier molecular flexibility index (Phi) is 5.32. The van der Waals surface area contributed by atoms with E-state index >= 15 is 0 Å². The average molecular weight is 339 g/mol. The van der Waals surface area contributed by atoms with Crippen LogP contribution in [0.2, 0.25) is 5.02 Å². The Balaban J connectivity index is 1.93. The van der Waals surface area contributed by atoms with Gasteiger partial charge >= 0.3 is 5.97 Å². The SMILES string of the molecule is O=C(COC(=O)c1cc(Cl)ccc1[N+](=O)[O-])NCc1ccco1. The number of nitrogens with zero attached hydrogens (tertiary/aromatic N) is 1. The molecule has 1 amide bonds. The monoisotopic (exact) mass is 338 g/mol. The Morgan fingerprint density at radius 3 is 2.78 bits per heavy atom. The number of ether oxygens (including phenoxy) is 1. The molecule has 0 aliphatic rings. The first-order chi connectivity index (χ1) is 11.0. The summed E-state index contributed by atoms with van der Waals surface area (Å²) < 4.78 is 9.78. The highest BCUT2D eigenvalue weighted by atomic mass is 35.5. The van der Waals surface area contributed by atoms with Crippen LogP contribution in [0.5, 0.6) is 0 Å². The molecule has 0 aliphatic carbocycles. The van der Waals surface area contributed by atoms with Crippen molar-refractivity contribution < 1.29 is 23.7 Å². The number of hydrogen-bond acceptors (Lipinski definition) is 6. The van der Waals surface area contributed by atoms with E-state index in [0.29, 0.717) is 5.76 Å². The van der Waals surface area contributed by atoms with Crippen molar-refractivity contribution in [2.45, 2.75) is 6.54 Å². The topological polar surface area (TPSA) is 112 Å². The summed E-state index contributed by atoms with van der Waals surface area (Å²) in [6.07, 6.45) is 1.46. The first-order valence-electron chi connectivity index (χ1n) is 6.37. The molecule has 0 radical (unpaired) electrons. The van der Waals surface area contributed by atoms with E-state index in [9.17, 15) is 19.7 Å². The number of halogens is 1. The van der Waals surface area contributed by atoms with E-state index in [0.717, 1.165) is 12.1 Å². The molecule has 2 rings (SSSR count). The van der Waals surface area contributed by atoms with Crippen molar-refractivity contribution in [2.24, 2.45) is 0 Å². The molecule has 0 saturated heterocycles. The first kappa shape index (κ1) is 16.5. The van der Waals surface area contributed by atoms with Crippen LogP contribution in [-0.2, 0) is 16.1 Å². The number of carbonyl (C=O) groups is 2. The fourth-order valence-electron chi connectivity index (χ4n) is 1.69. The molecule has 0 saturated carbocycles. The normalized spacial score (nSPS) is 10.1. The molecule has 9 heteroatoms. The number of nitrogens with one attached hydrogen (secondary N) is 1. The zero-order chi connectivity index (χ0) is 16.8. The van der Waals surface area contributed by atoms with Crippen molar-refractivity contribution in [1.82, 2.24) is 5.32 Å². The van der Waals surface area contributed by atoms with Crippen LogP contribution in [-0.4, -0.2) is 23.4 Å². The minimum atomic E-state index is -1.01. The molecule has 8 nitrogen and oxygen atoms in total. The van der Waals surface area contributed by atoms with Crippen LogP contribution in [0.15, 0.2) is 41.0 Å². The zero-order valence-electron chi connectivity index (χ0n) is 11.7. The van der Waals surface area contributed by atoms with Crippen LogP contribution in [0, 0.1) is 10.1 Å². The van der Waals surface area contributed by atoms with Crippen molar-refractivity contribution >= 4 is 29.2 Å². The lowest BCUT2D eigenvalue weighted by Gasteiger charge is -2.06. The quantitative estimate of drug-likeness (QED) is 0.491. The number of furan rings is 1. The summed E-state index contributed by atoms with van der Waals surface area (Å²) in [4.78, 5) is 33.6. The van der Waals surface area contributed by atoms with Gasteiger partial charge in [0.05, 0.1) is 17.7 Å². The van der Waals surface area contributed by atoms with E-state index in [1.165, 1.54) is 12.3 Å². The van der Waals surface area contributed by atoms with Crippen LogP contribution in [0.1, 0.15) is 16.1 Å². The fourth-order valence-corrected chi connectivity index (χ4v) is 1.86. The van der Waals surface area contributed by atoms with Crippen molar-refractivity contribution in [2.75, 3.05) is 6.61 Å². The third-order valence-corrected chi connectivity index (χ3v) is 2.98. The predicted octanol–water partition coefficient (Wildman–Crippen LogP) is 2.31. The molecule has 1 aromatic heterocycles. The van der Waals surface area contributed by atoms with Crippen molar-refractivity contribution in [3.05, 3.63) is 63.1 Å². The number of hydrogen-bond donors (Lipinski definition) is 1. The summed E-state index contributed by atoms with van der Waals surface area (Å²) in [6, 6.07) is 6.83. The Labute approximate surface area is 135 Å². The van der Waals surface area contributed by atoms with Gasteiger partial charge in [-0.25, -0.2) is 4.79 Å². The average Bonchev–Trinajstić information content (AvgIpc) is 3.03. The van der Waals surface area contributed by atoms with E-state index < -0.39 is 29.1 Å². The molecule has 120 valence electrons. The molecule has 0 fully saturated rings. The Hall–Kier alpha value is -2.87. The molecule has 0 aliphatic heterocycles. The largest absolute Gasteiger partial charge is 0.467 e. The van der Waals surface area contributed by atoms with Crippen LogP contribution >= 0.6 is 11.6 Å². The standard InChI is InChI=1S/C14H11ClN2O6/c15-9-3-4-12(17(20)21)11(6-9)14(19)23-8-13(18)16-7-10-2-1-5-22-10/h1-6H,7-8H2,(H,16,18). The molecule has 0 atom stereocenters. The molecule has 23 heavy (non-hydrogen) atoms. The Bertz CT molecular complexity index is 729. The molecule has 1 N–H and O–H groups in total. The maximum absolute atomic E-state index is 11.9. The third kappa shape index (κ3) is 4.55. The highest BCUT2D eigenvalue weighted by Crippen LogP contribution is 2.23. The van der Waals surface area contributed by atoms with Gasteiger partial charge in [0.25, 0.3) is 11.6 Å². The number of nitro benzene ring substituents is 1. The van der Waals surface area contributed by atoms with Crippen molar-refractivity contribution in [1.29, 1.82) is 0 Å². The Morgan fingerprint density at radius 1 is 1.35 bits per heavy atom. The van der Waals surface area contributed by atoms with E-state index in [2.05, 4.69) is 5.32 Å². The van der Waals surface area contributed by atoms with Gasteiger partial charge in [-0.1, -0.05) is 11.6 Å². The number of benzene rings is 1. The smallest absolute Gasteiger partial charge is 0.345 e. The summed E-state index contributed by atoms with van der Waals surface area (Å²) in [7, 11) is 0. The molecule has 0 bridgehead atoms. The minimum Gasteiger partial charge on any atom is -0.467 e. The van der Waals surface area contributed by atoms with Gasteiger partial charge in [-0.3, -0.25) is 14.9 Å². The summed E-state index contributed by atoms with van der Waals surface area (Å²) >= 11 is 5.72. The number of nitro groups is 1. The number of carbonyl (C=O) groups excluding carboxylic acids is 2.